The van der Waals surface area contributed by atoms with E-state index >= 15 is 0 Å². The summed E-state index contributed by atoms with van der Waals surface area (Å²) in [5.41, 5.74) is 0. The van der Waals surface area contributed by atoms with E-state index in [1.807, 2.05) is 0 Å². The Labute approximate surface area is 121 Å². The largest absolute Gasteiger partial charge is 0.481 e. The third-order valence-corrected chi connectivity index (χ3v) is 6.42. The molecule has 0 radical (unpaired) electrons. The molecule has 2 saturated carbocycles. The van der Waals surface area contributed by atoms with Gasteiger partial charge in [0.25, 0.3) is 10.1 Å². The van der Waals surface area contributed by atoms with Crippen LogP contribution in [0, 0.1) is 17.8 Å². The summed E-state index contributed by atoms with van der Waals surface area (Å²) >= 11 is 3.92. The summed E-state index contributed by atoms with van der Waals surface area (Å²) in [5, 5.41) is 8.27. The fourth-order valence-electron chi connectivity index (χ4n) is 3.77. The Kier molecular flexibility index (Phi) is 3.26. The Morgan fingerprint density at radius 3 is 2.65 bits per heavy atom. The first-order valence-corrected chi connectivity index (χ1v) is 8.42. The third kappa shape index (κ3) is 1.86. The molecule has 3 rings (SSSR count). The normalized spacial score (nSPS) is 43.6. The van der Waals surface area contributed by atoms with Gasteiger partial charge in [-0.15, -0.1) is 0 Å². The zero-order valence-corrected chi connectivity index (χ0v) is 12.0. The highest BCUT2D eigenvalue weighted by Crippen LogP contribution is 2.58. The van der Waals surface area contributed by atoms with Gasteiger partial charge in [-0.25, -0.2) is 0 Å². The first-order valence-electron chi connectivity index (χ1n) is 6.32. The van der Waals surface area contributed by atoms with Crippen LogP contribution < -0.4 is 0 Å². The Morgan fingerprint density at radius 1 is 1.35 bits per heavy atom. The van der Waals surface area contributed by atoms with Crippen molar-refractivity contribution in [1.29, 1.82) is 0 Å². The summed E-state index contributed by atoms with van der Waals surface area (Å²) in [5.74, 6) is -3.31. The topological polar surface area (TPSA) is 107 Å². The van der Waals surface area contributed by atoms with Crippen molar-refractivity contribution in [3.63, 3.8) is 0 Å². The third-order valence-electron chi connectivity index (χ3n) is 4.40. The number of carbonyl (C=O) groups is 2. The molecule has 6 unspecified atom stereocenters. The summed E-state index contributed by atoms with van der Waals surface area (Å²) < 4.78 is 34.1. The van der Waals surface area contributed by atoms with E-state index in [1.165, 1.54) is 0 Å². The number of carbonyl (C=O) groups excluding carboxylic acids is 1. The van der Waals surface area contributed by atoms with Crippen molar-refractivity contribution in [2.45, 2.75) is 30.3 Å². The highest BCUT2D eigenvalue weighted by atomic mass is 32.2. The minimum atomic E-state index is -3.89. The molecule has 1 heterocycles. The van der Waals surface area contributed by atoms with Gasteiger partial charge < -0.3 is 9.84 Å². The number of rotatable bonds is 4. The van der Waals surface area contributed by atoms with Crippen LogP contribution in [-0.2, 0) is 28.6 Å². The number of carboxylic acids is 1. The van der Waals surface area contributed by atoms with Crippen LogP contribution in [0.1, 0.15) is 12.8 Å². The molecule has 9 heteroatoms. The molecule has 6 atom stereocenters. The molecular formula is C11H14O7S2. The predicted octanol–water partition coefficient (Wildman–Crippen LogP) is -0.334. The van der Waals surface area contributed by atoms with Crippen LogP contribution in [0.2, 0.25) is 0 Å². The van der Waals surface area contributed by atoms with Crippen LogP contribution in [0.25, 0.3) is 0 Å². The van der Waals surface area contributed by atoms with Crippen LogP contribution in [0.5, 0.6) is 0 Å². The van der Waals surface area contributed by atoms with Crippen molar-refractivity contribution in [1.82, 2.24) is 0 Å². The first kappa shape index (κ1) is 14.2. The van der Waals surface area contributed by atoms with Gasteiger partial charge in [-0.3, -0.25) is 13.8 Å². The van der Waals surface area contributed by atoms with E-state index in [1.54, 1.807) is 0 Å². The summed E-state index contributed by atoms with van der Waals surface area (Å²) in [6.07, 6.45) is -1.02. The molecule has 2 bridgehead atoms. The summed E-state index contributed by atoms with van der Waals surface area (Å²) in [6.45, 7) is 0. The fourth-order valence-corrected chi connectivity index (χ4v) is 6.01. The summed E-state index contributed by atoms with van der Waals surface area (Å²) in [7, 11) is -3.89. The average Bonchev–Trinajstić information content (AvgIpc) is 2.91. The quantitative estimate of drug-likeness (QED) is 0.414. The van der Waals surface area contributed by atoms with Gasteiger partial charge in [0.1, 0.15) is 17.5 Å². The molecule has 0 amide bonds. The molecule has 1 aliphatic heterocycles. The zero-order valence-electron chi connectivity index (χ0n) is 10.3. The van der Waals surface area contributed by atoms with Gasteiger partial charge in [-0.2, -0.15) is 21.0 Å². The number of fused-ring (bicyclic) bond motifs is 1. The van der Waals surface area contributed by atoms with Crippen molar-refractivity contribution in [3.8, 4) is 0 Å². The number of hydrogen-bond acceptors (Lipinski definition) is 7. The van der Waals surface area contributed by atoms with Gasteiger partial charge >= 0.3 is 11.9 Å². The van der Waals surface area contributed by atoms with E-state index in [9.17, 15) is 23.1 Å². The molecule has 0 aromatic carbocycles. The van der Waals surface area contributed by atoms with E-state index in [0.717, 1.165) is 0 Å². The fraction of sp³-hybridized carbons (Fsp3) is 0.818. The standard InChI is InChI=1S/C11H14O7S2/c12-6(1-2-19)17-8-4-3-5-9(8)18-20(15,16)10(5)7(4)11(13)14/h4-5,7-10,19H,1-3H2,(H,13,14). The van der Waals surface area contributed by atoms with Crippen molar-refractivity contribution in [2.75, 3.05) is 5.75 Å². The molecule has 0 spiro atoms. The second-order valence-corrected chi connectivity index (χ2v) is 7.54. The van der Waals surface area contributed by atoms with E-state index in [2.05, 4.69) is 12.6 Å². The number of hydrogen-bond donors (Lipinski definition) is 2. The van der Waals surface area contributed by atoms with Crippen molar-refractivity contribution >= 4 is 34.7 Å². The molecule has 7 nitrogen and oxygen atoms in total. The molecule has 0 aromatic heterocycles. The number of thiol groups is 1. The number of esters is 1. The Morgan fingerprint density at radius 2 is 2.05 bits per heavy atom. The Balaban J connectivity index is 1.89. The lowest BCUT2D eigenvalue weighted by atomic mass is 9.84. The highest BCUT2D eigenvalue weighted by molar-refractivity contribution is 7.87. The van der Waals surface area contributed by atoms with E-state index in [-0.39, 0.29) is 12.3 Å². The molecule has 1 N–H and O–H groups in total. The molecule has 20 heavy (non-hydrogen) atoms. The minimum absolute atomic E-state index is 0.0949. The maximum Gasteiger partial charge on any atom is 0.308 e. The number of carboxylic acid groups (broad SMARTS) is 1. The van der Waals surface area contributed by atoms with Gasteiger partial charge in [0.15, 0.2) is 0 Å². The molecule has 112 valence electrons. The molecule has 2 aliphatic carbocycles. The van der Waals surface area contributed by atoms with E-state index in [0.29, 0.717) is 12.2 Å². The second kappa shape index (κ2) is 4.60. The maximum absolute atomic E-state index is 11.9. The van der Waals surface area contributed by atoms with E-state index in [4.69, 9.17) is 8.92 Å². The zero-order chi connectivity index (χ0) is 14.7. The molecule has 0 aromatic rings. The SMILES string of the molecule is O=C(CCS)OC1C2CC3C1OS(=O)(=O)C3C2C(=O)O. The first-order chi connectivity index (χ1) is 9.36. The lowest BCUT2D eigenvalue weighted by Crippen LogP contribution is -2.45. The van der Waals surface area contributed by atoms with Crippen molar-refractivity contribution in [2.24, 2.45) is 17.8 Å². The lowest BCUT2D eigenvalue weighted by molar-refractivity contribution is -0.161. The van der Waals surface area contributed by atoms with Gasteiger partial charge in [0.2, 0.25) is 0 Å². The minimum Gasteiger partial charge on any atom is -0.481 e. The van der Waals surface area contributed by atoms with Crippen LogP contribution in [0.15, 0.2) is 0 Å². The van der Waals surface area contributed by atoms with Crippen molar-refractivity contribution in [3.05, 3.63) is 0 Å². The van der Waals surface area contributed by atoms with Gasteiger partial charge in [0.05, 0.1) is 12.3 Å². The maximum atomic E-state index is 11.9. The lowest BCUT2D eigenvalue weighted by Gasteiger charge is -2.28. The summed E-state index contributed by atoms with van der Waals surface area (Å²) in [4.78, 5) is 22.9. The molecule has 3 fully saturated rings. The van der Waals surface area contributed by atoms with Gasteiger partial charge in [-0.1, -0.05) is 0 Å². The summed E-state index contributed by atoms with van der Waals surface area (Å²) in [6, 6.07) is 0. The Hall–Kier alpha value is -0.800. The second-order valence-electron chi connectivity index (χ2n) is 5.37. The smallest absolute Gasteiger partial charge is 0.308 e. The molecule has 1 saturated heterocycles. The highest BCUT2D eigenvalue weighted by Gasteiger charge is 2.71. The Bertz CT molecular complexity index is 557. The van der Waals surface area contributed by atoms with Crippen LogP contribution in [-0.4, -0.2) is 48.7 Å². The van der Waals surface area contributed by atoms with E-state index < -0.39 is 51.4 Å². The predicted molar refractivity (Wildman–Crippen MR) is 68.7 cm³/mol. The average molecular weight is 322 g/mol. The number of ether oxygens (including phenoxy) is 1. The van der Waals surface area contributed by atoms with Crippen LogP contribution in [0.4, 0.5) is 0 Å². The van der Waals surface area contributed by atoms with Gasteiger partial charge in [0, 0.05) is 17.6 Å². The van der Waals surface area contributed by atoms with Crippen molar-refractivity contribution < 1.29 is 32.0 Å². The monoisotopic (exact) mass is 322 g/mol. The van der Waals surface area contributed by atoms with Gasteiger partial charge in [-0.05, 0) is 6.42 Å². The van der Waals surface area contributed by atoms with Crippen LogP contribution >= 0.6 is 12.6 Å². The molecule has 3 aliphatic rings. The number of aliphatic carboxylic acids is 1. The molecular weight excluding hydrogens is 308 g/mol. The van der Waals surface area contributed by atoms with Crippen LogP contribution in [0.3, 0.4) is 0 Å².